The summed E-state index contributed by atoms with van der Waals surface area (Å²) < 4.78 is 28.8. The van der Waals surface area contributed by atoms with E-state index in [4.69, 9.17) is 0 Å². The van der Waals surface area contributed by atoms with Crippen molar-refractivity contribution in [3.8, 4) is 0 Å². The average Bonchev–Trinajstić information content (AvgIpc) is 3.05. The molecule has 1 aromatic rings. The number of hydrogen-bond acceptors (Lipinski definition) is 3. The van der Waals surface area contributed by atoms with Crippen molar-refractivity contribution in [3.63, 3.8) is 0 Å². The van der Waals surface area contributed by atoms with E-state index < -0.39 is 10.0 Å². The van der Waals surface area contributed by atoms with Crippen LogP contribution in [0.1, 0.15) is 38.3 Å². The molecule has 0 radical (unpaired) electrons. The van der Waals surface area contributed by atoms with E-state index in [1.165, 1.54) is 12.8 Å². The predicted octanol–water partition coefficient (Wildman–Crippen LogP) is 1.47. The molecule has 0 aliphatic heterocycles. The van der Waals surface area contributed by atoms with Crippen molar-refractivity contribution in [3.05, 3.63) is 18.0 Å². The number of nitrogens with one attached hydrogen (secondary N) is 1. The third-order valence-electron chi connectivity index (χ3n) is 3.81. The van der Waals surface area contributed by atoms with Gasteiger partial charge in [-0.15, -0.1) is 0 Å². The van der Waals surface area contributed by atoms with Crippen molar-refractivity contribution in [1.29, 1.82) is 0 Å². The first-order valence-electron chi connectivity index (χ1n) is 6.86. The van der Waals surface area contributed by atoms with Gasteiger partial charge in [-0.3, -0.25) is 0 Å². The van der Waals surface area contributed by atoms with E-state index in [-0.39, 0.29) is 11.5 Å². The van der Waals surface area contributed by atoms with Gasteiger partial charge < -0.3 is 9.67 Å². The summed E-state index contributed by atoms with van der Waals surface area (Å²) in [6, 6.07) is 1.54. The van der Waals surface area contributed by atoms with Crippen molar-refractivity contribution in [1.82, 2.24) is 9.29 Å². The molecule has 1 heterocycles. The largest absolute Gasteiger partial charge is 0.390 e. The SMILES string of the molecule is CCn1cc(S(=O)(=O)NCC2CCCC2)cc1CO. The fraction of sp³-hybridized carbons (Fsp3) is 0.692. The van der Waals surface area contributed by atoms with Crippen molar-refractivity contribution in [2.45, 2.75) is 50.7 Å². The van der Waals surface area contributed by atoms with Crippen LogP contribution in [0.4, 0.5) is 0 Å². The van der Waals surface area contributed by atoms with E-state index in [0.29, 0.717) is 24.7 Å². The van der Waals surface area contributed by atoms with Crippen LogP contribution in [-0.2, 0) is 23.2 Å². The van der Waals surface area contributed by atoms with Crippen LogP contribution in [0.15, 0.2) is 17.2 Å². The van der Waals surface area contributed by atoms with Crippen LogP contribution >= 0.6 is 0 Å². The zero-order valence-electron chi connectivity index (χ0n) is 11.3. The highest BCUT2D eigenvalue weighted by Gasteiger charge is 2.21. The molecule has 1 aliphatic carbocycles. The van der Waals surface area contributed by atoms with Gasteiger partial charge in [0.2, 0.25) is 10.0 Å². The molecule has 1 aromatic heterocycles. The van der Waals surface area contributed by atoms with E-state index in [1.54, 1.807) is 16.8 Å². The maximum atomic E-state index is 12.2. The summed E-state index contributed by atoms with van der Waals surface area (Å²) in [6.07, 6.45) is 6.21. The summed E-state index contributed by atoms with van der Waals surface area (Å²) in [4.78, 5) is 0.247. The summed E-state index contributed by atoms with van der Waals surface area (Å²) in [6.45, 7) is 2.94. The van der Waals surface area contributed by atoms with Crippen LogP contribution in [0.5, 0.6) is 0 Å². The van der Waals surface area contributed by atoms with E-state index in [1.807, 2.05) is 6.92 Å². The van der Waals surface area contributed by atoms with E-state index >= 15 is 0 Å². The third-order valence-corrected chi connectivity index (χ3v) is 5.20. The molecule has 1 saturated carbocycles. The summed E-state index contributed by atoms with van der Waals surface area (Å²) in [5.74, 6) is 0.473. The molecule has 0 spiro atoms. The number of aliphatic hydroxyl groups is 1. The molecule has 6 heteroatoms. The molecule has 0 saturated heterocycles. The first-order chi connectivity index (χ1) is 9.06. The first kappa shape index (κ1) is 14.6. The van der Waals surface area contributed by atoms with Gasteiger partial charge in [-0.05, 0) is 31.7 Å². The summed E-state index contributed by atoms with van der Waals surface area (Å²) >= 11 is 0. The Hall–Kier alpha value is -0.850. The highest BCUT2D eigenvalue weighted by Crippen LogP contribution is 2.24. The fourth-order valence-corrected chi connectivity index (χ4v) is 3.80. The Balaban J connectivity index is 2.07. The van der Waals surface area contributed by atoms with Gasteiger partial charge in [0.15, 0.2) is 0 Å². The van der Waals surface area contributed by atoms with Gasteiger partial charge in [-0.1, -0.05) is 12.8 Å². The van der Waals surface area contributed by atoms with Gasteiger partial charge in [0, 0.05) is 25.0 Å². The Kier molecular flexibility index (Phi) is 4.65. The normalized spacial score (nSPS) is 17.2. The Morgan fingerprint density at radius 1 is 1.42 bits per heavy atom. The lowest BCUT2D eigenvalue weighted by molar-refractivity contribution is 0.271. The molecule has 0 aromatic carbocycles. The number of nitrogens with zero attached hydrogens (tertiary/aromatic N) is 1. The Morgan fingerprint density at radius 3 is 2.63 bits per heavy atom. The smallest absolute Gasteiger partial charge is 0.242 e. The molecule has 1 aliphatic rings. The number of aromatic nitrogens is 1. The minimum atomic E-state index is -3.45. The monoisotopic (exact) mass is 286 g/mol. The van der Waals surface area contributed by atoms with Crippen molar-refractivity contribution >= 4 is 10.0 Å². The average molecular weight is 286 g/mol. The van der Waals surface area contributed by atoms with Crippen LogP contribution in [0.3, 0.4) is 0 Å². The summed E-state index contributed by atoms with van der Waals surface area (Å²) in [7, 11) is -3.45. The number of aryl methyl sites for hydroxylation is 1. The molecule has 1 fully saturated rings. The third kappa shape index (κ3) is 3.38. The predicted molar refractivity (Wildman–Crippen MR) is 73.2 cm³/mol. The first-order valence-corrected chi connectivity index (χ1v) is 8.34. The second kappa shape index (κ2) is 6.07. The highest BCUT2D eigenvalue weighted by molar-refractivity contribution is 7.89. The van der Waals surface area contributed by atoms with Crippen molar-refractivity contribution < 1.29 is 13.5 Å². The van der Waals surface area contributed by atoms with Crippen LogP contribution in [0.25, 0.3) is 0 Å². The molecule has 2 rings (SSSR count). The quantitative estimate of drug-likeness (QED) is 0.832. The van der Waals surface area contributed by atoms with Gasteiger partial charge in [0.1, 0.15) is 0 Å². The zero-order valence-corrected chi connectivity index (χ0v) is 12.1. The molecular formula is C13H22N2O3S. The summed E-state index contributed by atoms with van der Waals surface area (Å²) in [5.41, 5.74) is 0.628. The molecule has 19 heavy (non-hydrogen) atoms. The van der Waals surface area contributed by atoms with Gasteiger partial charge in [0.25, 0.3) is 0 Å². The van der Waals surface area contributed by atoms with Crippen LogP contribution < -0.4 is 4.72 Å². The van der Waals surface area contributed by atoms with Crippen molar-refractivity contribution in [2.24, 2.45) is 5.92 Å². The molecule has 108 valence electrons. The van der Waals surface area contributed by atoms with Gasteiger partial charge in [-0.2, -0.15) is 0 Å². The molecule has 2 N–H and O–H groups in total. The maximum absolute atomic E-state index is 12.2. The van der Waals surface area contributed by atoms with Crippen LogP contribution in [0.2, 0.25) is 0 Å². The standard InChI is InChI=1S/C13H22N2O3S/c1-2-15-9-13(7-12(15)10-16)19(17,18)14-8-11-5-3-4-6-11/h7,9,11,14,16H,2-6,8,10H2,1H3. The highest BCUT2D eigenvalue weighted by atomic mass is 32.2. The fourth-order valence-electron chi connectivity index (χ4n) is 2.62. The van der Waals surface area contributed by atoms with Crippen LogP contribution in [-0.4, -0.2) is 24.6 Å². The molecule has 0 atom stereocenters. The number of hydrogen-bond donors (Lipinski definition) is 2. The molecule has 5 nitrogen and oxygen atoms in total. The van der Waals surface area contributed by atoms with Gasteiger partial charge in [-0.25, -0.2) is 13.1 Å². The Bertz CT molecular complexity index is 494. The summed E-state index contributed by atoms with van der Waals surface area (Å²) in [5, 5.41) is 9.20. The lowest BCUT2D eigenvalue weighted by Gasteiger charge is -2.10. The van der Waals surface area contributed by atoms with E-state index in [0.717, 1.165) is 12.8 Å². The lowest BCUT2D eigenvalue weighted by atomic mass is 10.1. The lowest BCUT2D eigenvalue weighted by Crippen LogP contribution is -2.28. The Morgan fingerprint density at radius 2 is 2.11 bits per heavy atom. The second-order valence-corrected chi connectivity index (χ2v) is 6.88. The number of rotatable bonds is 6. The molecule has 0 amide bonds. The molecule has 0 bridgehead atoms. The zero-order chi connectivity index (χ0) is 13.9. The van der Waals surface area contributed by atoms with E-state index in [9.17, 15) is 13.5 Å². The number of aliphatic hydroxyl groups excluding tert-OH is 1. The number of sulfonamides is 1. The Labute approximate surface area is 114 Å². The van der Waals surface area contributed by atoms with Crippen molar-refractivity contribution in [2.75, 3.05) is 6.54 Å². The van der Waals surface area contributed by atoms with E-state index in [2.05, 4.69) is 4.72 Å². The molecule has 0 unspecified atom stereocenters. The van der Waals surface area contributed by atoms with Crippen LogP contribution in [0, 0.1) is 5.92 Å². The maximum Gasteiger partial charge on any atom is 0.242 e. The topological polar surface area (TPSA) is 71.3 Å². The molecular weight excluding hydrogens is 264 g/mol. The van der Waals surface area contributed by atoms with Gasteiger partial charge in [0.05, 0.1) is 11.5 Å². The second-order valence-electron chi connectivity index (χ2n) is 5.11. The van der Waals surface area contributed by atoms with Gasteiger partial charge >= 0.3 is 0 Å². The minimum Gasteiger partial charge on any atom is -0.390 e. The minimum absolute atomic E-state index is 0.147.